The van der Waals surface area contributed by atoms with Crippen LogP contribution < -0.4 is 4.74 Å². The van der Waals surface area contributed by atoms with E-state index in [1.807, 2.05) is 36.4 Å². The van der Waals surface area contributed by atoms with Crippen molar-refractivity contribution in [3.63, 3.8) is 0 Å². The molecular formula is C26H36ClN3O2. The molecule has 2 aliphatic rings. The fourth-order valence-electron chi connectivity index (χ4n) is 4.90. The molecule has 174 valence electrons. The number of hydrogen-bond acceptors (Lipinski definition) is 5. The molecule has 2 aromatic carbocycles. The summed E-state index contributed by atoms with van der Waals surface area (Å²) in [5.41, 5.74) is 2.26. The molecule has 2 fully saturated rings. The molecule has 2 saturated heterocycles. The lowest BCUT2D eigenvalue weighted by Crippen LogP contribution is -2.45. The third-order valence-electron chi connectivity index (χ3n) is 6.80. The molecule has 32 heavy (non-hydrogen) atoms. The number of ether oxygens (including phenoxy) is 1. The Kier molecular flexibility index (Phi) is 8.44. The van der Waals surface area contributed by atoms with Gasteiger partial charge in [-0.05, 0) is 63.2 Å². The number of aliphatic hydroxyl groups excluding tert-OH is 1. The van der Waals surface area contributed by atoms with Gasteiger partial charge in [0.15, 0.2) is 0 Å². The molecule has 0 aliphatic carbocycles. The van der Waals surface area contributed by atoms with Crippen LogP contribution >= 0.6 is 11.6 Å². The maximum Gasteiger partial charge on any atom is 0.124 e. The Morgan fingerprint density at radius 3 is 2.62 bits per heavy atom. The first-order valence-electron chi connectivity index (χ1n) is 11.9. The Hall–Kier alpha value is -1.63. The largest absolute Gasteiger partial charge is 0.489 e. The molecule has 2 aromatic rings. The first kappa shape index (κ1) is 23.5. The molecule has 0 saturated carbocycles. The van der Waals surface area contributed by atoms with Crippen LogP contribution in [0.2, 0.25) is 5.02 Å². The molecule has 0 amide bonds. The van der Waals surface area contributed by atoms with E-state index in [2.05, 4.69) is 33.9 Å². The van der Waals surface area contributed by atoms with E-state index < -0.39 is 0 Å². The summed E-state index contributed by atoms with van der Waals surface area (Å²) in [6, 6.07) is 16.4. The minimum Gasteiger partial charge on any atom is -0.489 e. The van der Waals surface area contributed by atoms with Gasteiger partial charge in [0.05, 0.1) is 6.10 Å². The number of halogens is 1. The van der Waals surface area contributed by atoms with Gasteiger partial charge in [0, 0.05) is 49.4 Å². The summed E-state index contributed by atoms with van der Waals surface area (Å²) < 4.78 is 6.16. The van der Waals surface area contributed by atoms with E-state index in [0.29, 0.717) is 6.61 Å². The number of nitrogens with zero attached hydrogens (tertiary/aromatic N) is 3. The average Bonchev–Trinajstić information content (AvgIpc) is 3.12. The monoisotopic (exact) mass is 457 g/mol. The van der Waals surface area contributed by atoms with Gasteiger partial charge in [-0.25, -0.2) is 0 Å². The van der Waals surface area contributed by atoms with E-state index in [0.717, 1.165) is 80.6 Å². The van der Waals surface area contributed by atoms with Crippen LogP contribution in [0.25, 0.3) is 0 Å². The van der Waals surface area contributed by atoms with Crippen LogP contribution in [-0.2, 0) is 13.2 Å². The maximum absolute atomic E-state index is 10.9. The van der Waals surface area contributed by atoms with Crippen molar-refractivity contribution in [1.29, 1.82) is 0 Å². The van der Waals surface area contributed by atoms with E-state index >= 15 is 0 Å². The SMILES string of the molecule is CN1CCCN(C2CCN(Cc3cc(Cl)ccc3OCc3ccccc3)CC[C@@H]2O)CC1. The lowest BCUT2D eigenvalue weighted by molar-refractivity contribution is 0.0491. The lowest BCUT2D eigenvalue weighted by atomic mass is 10.0. The Morgan fingerprint density at radius 1 is 0.969 bits per heavy atom. The van der Waals surface area contributed by atoms with Crippen molar-refractivity contribution in [2.45, 2.75) is 44.6 Å². The zero-order valence-electron chi connectivity index (χ0n) is 19.1. The third kappa shape index (κ3) is 6.46. The Bertz CT molecular complexity index is 850. The summed E-state index contributed by atoms with van der Waals surface area (Å²) >= 11 is 6.33. The number of hydrogen-bond donors (Lipinski definition) is 1. The average molecular weight is 458 g/mol. The molecule has 0 bridgehead atoms. The van der Waals surface area contributed by atoms with E-state index in [1.165, 1.54) is 6.42 Å². The highest BCUT2D eigenvalue weighted by Crippen LogP contribution is 2.27. The van der Waals surface area contributed by atoms with Gasteiger partial charge in [0.25, 0.3) is 0 Å². The summed E-state index contributed by atoms with van der Waals surface area (Å²) in [5.74, 6) is 0.884. The number of benzene rings is 2. The highest BCUT2D eigenvalue weighted by molar-refractivity contribution is 6.30. The van der Waals surface area contributed by atoms with Gasteiger partial charge >= 0.3 is 0 Å². The Morgan fingerprint density at radius 2 is 1.78 bits per heavy atom. The molecule has 0 spiro atoms. The van der Waals surface area contributed by atoms with Crippen LogP contribution in [0.15, 0.2) is 48.5 Å². The fourth-order valence-corrected chi connectivity index (χ4v) is 5.09. The van der Waals surface area contributed by atoms with Crippen molar-refractivity contribution in [2.24, 2.45) is 0 Å². The summed E-state index contributed by atoms with van der Waals surface area (Å²) in [6.07, 6.45) is 2.70. The number of aliphatic hydroxyl groups is 1. The van der Waals surface area contributed by atoms with Crippen LogP contribution in [0.1, 0.15) is 30.4 Å². The van der Waals surface area contributed by atoms with Crippen molar-refractivity contribution >= 4 is 11.6 Å². The normalized spacial score (nSPS) is 24.1. The first-order valence-corrected chi connectivity index (χ1v) is 12.2. The van der Waals surface area contributed by atoms with E-state index in [4.69, 9.17) is 16.3 Å². The summed E-state index contributed by atoms with van der Waals surface area (Å²) in [5, 5.41) is 11.7. The molecule has 2 atom stereocenters. The summed E-state index contributed by atoms with van der Waals surface area (Å²) in [4.78, 5) is 7.35. The molecule has 6 heteroatoms. The van der Waals surface area contributed by atoms with Gasteiger partial charge in [-0.15, -0.1) is 0 Å². The molecule has 0 radical (unpaired) electrons. The molecule has 2 aliphatic heterocycles. The van der Waals surface area contributed by atoms with Crippen LogP contribution in [0.4, 0.5) is 0 Å². The minimum absolute atomic E-state index is 0.250. The van der Waals surface area contributed by atoms with Gasteiger partial charge in [-0.2, -0.15) is 0 Å². The van der Waals surface area contributed by atoms with Crippen LogP contribution in [0, 0.1) is 0 Å². The van der Waals surface area contributed by atoms with Crippen molar-refractivity contribution in [3.05, 3.63) is 64.7 Å². The quantitative estimate of drug-likeness (QED) is 0.712. The molecule has 2 heterocycles. The van der Waals surface area contributed by atoms with Crippen molar-refractivity contribution in [3.8, 4) is 5.75 Å². The second-order valence-electron chi connectivity index (χ2n) is 9.21. The van der Waals surface area contributed by atoms with Gasteiger partial charge in [0.2, 0.25) is 0 Å². The standard InChI is InChI=1S/C26H36ClN3O2/c1-28-12-5-13-30(17-16-28)24-10-14-29(15-11-25(24)31)19-22-18-23(27)8-9-26(22)32-20-21-6-3-2-4-7-21/h2-4,6-9,18,24-25,31H,5,10-17,19-20H2,1H3/t24?,25-/m0/s1. The number of likely N-dealkylation sites (tertiary alicyclic amines) is 1. The predicted octanol–water partition coefficient (Wildman–Crippen LogP) is 3.88. The van der Waals surface area contributed by atoms with E-state index in [1.54, 1.807) is 0 Å². The minimum atomic E-state index is -0.267. The third-order valence-corrected chi connectivity index (χ3v) is 7.04. The van der Waals surface area contributed by atoms with Crippen molar-refractivity contribution in [1.82, 2.24) is 14.7 Å². The second kappa shape index (κ2) is 11.5. The highest BCUT2D eigenvalue weighted by Gasteiger charge is 2.30. The van der Waals surface area contributed by atoms with Crippen LogP contribution in [0.5, 0.6) is 5.75 Å². The summed E-state index contributed by atoms with van der Waals surface area (Å²) in [6.45, 7) is 7.53. The van der Waals surface area contributed by atoms with E-state index in [9.17, 15) is 5.11 Å². The smallest absolute Gasteiger partial charge is 0.124 e. The van der Waals surface area contributed by atoms with Gasteiger partial charge < -0.3 is 14.7 Å². The van der Waals surface area contributed by atoms with Crippen LogP contribution in [0.3, 0.4) is 0 Å². The zero-order chi connectivity index (χ0) is 22.3. The molecule has 4 rings (SSSR count). The van der Waals surface area contributed by atoms with Gasteiger partial charge in [-0.3, -0.25) is 9.80 Å². The molecule has 0 aromatic heterocycles. The summed E-state index contributed by atoms with van der Waals surface area (Å²) in [7, 11) is 2.19. The highest BCUT2D eigenvalue weighted by atomic mass is 35.5. The Balaban J connectivity index is 1.39. The van der Waals surface area contributed by atoms with Gasteiger partial charge in [0.1, 0.15) is 12.4 Å². The van der Waals surface area contributed by atoms with Gasteiger partial charge in [-0.1, -0.05) is 41.9 Å². The van der Waals surface area contributed by atoms with Crippen molar-refractivity contribution < 1.29 is 9.84 Å². The number of rotatable bonds is 6. The lowest BCUT2D eigenvalue weighted by Gasteiger charge is -2.32. The molecule has 1 N–H and O–H groups in total. The molecule has 1 unspecified atom stereocenters. The second-order valence-corrected chi connectivity index (χ2v) is 9.64. The van der Waals surface area contributed by atoms with Crippen molar-refractivity contribution in [2.75, 3.05) is 46.3 Å². The fraction of sp³-hybridized carbons (Fsp3) is 0.538. The first-order chi connectivity index (χ1) is 15.6. The Labute approximate surface area is 197 Å². The maximum atomic E-state index is 10.9. The predicted molar refractivity (Wildman–Crippen MR) is 130 cm³/mol. The van der Waals surface area contributed by atoms with Crippen LogP contribution in [-0.4, -0.2) is 78.3 Å². The van der Waals surface area contributed by atoms with E-state index in [-0.39, 0.29) is 12.1 Å². The molecule has 5 nitrogen and oxygen atoms in total. The topological polar surface area (TPSA) is 39.2 Å². The number of likely N-dealkylation sites (N-methyl/N-ethyl adjacent to an activating group) is 1. The zero-order valence-corrected chi connectivity index (χ0v) is 19.9. The molecular weight excluding hydrogens is 422 g/mol.